The van der Waals surface area contributed by atoms with Crippen LogP contribution in [0.4, 0.5) is 0 Å². The summed E-state index contributed by atoms with van der Waals surface area (Å²) in [4.78, 5) is 0. The molecular formula is C43H26N2S. The lowest BCUT2D eigenvalue weighted by atomic mass is 9.87. The summed E-state index contributed by atoms with van der Waals surface area (Å²) in [6, 6.07) is 58.6. The minimum absolute atomic E-state index is 0.668. The minimum Gasteiger partial charge on any atom is -0.309 e. The second-order valence-electron chi connectivity index (χ2n) is 11.6. The van der Waals surface area contributed by atoms with Crippen LogP contribution in [0, 0.1) is 11.3 Å². The van der Waals surface area contributed by atoms with Gasteiger partial charge in [0, 0.05) is 36.6 Å². The van der Waals surface area contributed by atoms with Gasteiger partial charge >= 0.3 is 0 Å². The first kappa shape index (κ1) is 26.5. The van der Waals surface area contributed by atoms with Crippen molar-refractivity contribution < 1.29 is 0 Å². The number of nitriles is 1. The average molecular weight is 603 g/mol. The summed E-state index contributed by atoms with van der Waals surface area (Å²) >= 11 is 1.85. The lowest BCUT2D eigenvalue weighted by Gasteiger charge is -2.18. The lowest BCUT2D eigenvalue weighted by molar-refractivity contribution is 1.18. The summed E-state index contributed by atoms with van der Waals surface area (Å²) in [6.45, 7) is 0. The Morgan fingerprint density at radius 2 is 1.15 bits per heavy atom. The van der Waals surface area contributed by atoms with Crippen LogP contribution in [0.2, 0.25) is 0 Å². The summed E-state index contributed by atoms with van der Waals surface area (Å²) in [5, 5.41) is 14.4. The van der Waals surface area contributed by atoms with Crippen molar-refractivity contribution in [3.05, 3.63) is 163 Å². The summed E-state index contributed by atoms with van der Waals surface area (Å²) in [5.41, 5.74) is 11.1. The van der Waals surface area contributed by atoms with Crippen LogP contribution in [0.1, 0.15) is 5.56 Å². The minimum atomic E-state index is 0.668. The van der Waals surface area contributed by atoms with Crippen LogP contribution in [0.15, 0.2) is 158 Å². The molecule has 2 aromatic heterocycles. The molecular weight excluding hydrogens is 577 g/mol. The van der Waals surface area contributed by atoms with Crippen molar-refractivity contribution in [3.63, 3.8) is 0 Å². The molecule has 46 heavy (non-hydrogen) atoms. The van der Waals surface area contributed by atoms with Gasteiger partial charge in [-0.2, -0.15) is 5.26 Å². The summed E-state index contributed by atoms with van der Waals surface area (Å²) < 4.78 is 4.93. The Morgan fingerprint density at radius 1 is 0.457 bits per heavy atom. The van der Waals surface area contributed by atoms with E-state index in [9.17, 15) is 5.26 Å². The van der Waals surface area contributed by atoms with Gasteiger partial charge < -0.3 is 4.57 Å². The van der Waals surface area contributed by atoms with E-state index < -0.39 is 0 Å². The molecule has 0 atom stereocenters. The summed E-state index contributed by atoms with van der Waals surface area (Å²) in [6.07, 6.45) is 0. The molecule has 0 spiro atoms. The fourth-order valence-corrected chi connectivity index (χ4v) is 8.06. The van der Waals surface area contributed by atoms with E-state index in [1.165, 1.54) is 48.0 Å². The van der Waals surface area contributed by atoms with Crippen LogP contribution in [0.5, 0.6) is 0 Å². The Morgan fingerprint density at radius 3 is 2.02 bits per heavy atom. The maximum atomic E-state index is 9.62. The highest BCUT2D eigenvalue weighted by Crippen LogP contribution is 2.44. The Hall–Kier alpha value is -5.95. The zero-order valence-electron chi connectivity index (χ0n) is 24.8. The van der Waals surface area contributed by atoms with Crippen molar-refractivity contribution in [1.29, 1.82) is 5.26 Å². The maximum absolute atomic E-state index is 9.62. The van der Waals surface area contributed by atoms with Crippen molar-refractivity contribution in [3.8, 4) is 45.1 Å². The Kier molecular flexibility index (Phi) is 6.09. The van der Waals surface area contributed by atoms with Crippen molar-refractivity contribution in [2.24, 2.45) is 0 Å². The third kappa shape index (κ3) is 4.16. The molecule has 2 heterocycles. The van der Waals surface area contributed by atoms with Crippen molar-refractivity contribution in [2.45, 2.75) is 0 Å². The second kappa shape index (κ2) is 10.6. The molecule has 0 bridgehead atoms. The summed E-state index contributed by atoms with van der Waals surface area (Å²) in [7, 11) is 0. The fraction of sp³-hybridized carbons (Fsp3) is 0. The van der Waals surface area contributed by atoms with Crippen molar-refractivity contribution >= 4 is 53.3 Å². The largest absolute Gasteiger partial charge is 0.309 e. The number of benzene rings is 7. The van der Waals surface area contributed by atoms with Crippen LogP contribution < -0.4 is 0 Å². The van der Waals surface area contributed by atoms with E-state index in [-0.39, 0.29) is 0 Å². The molecule has 0 N–H and O–H groups in total. The van der Waals surface area contributed by atoms with E-state index in [0.29, 0.717) is 5.56 Å². The van der Waals surface area contributed by atoms with Crippen LogP contribution in [-0.2, 0) is 0 Å². The van der Waals surface area contributed by atoms with Crippen LogP contribution in [0.25, 0.3) is 81.0 Å². The molecule has 9 rings (SSSR count). The van der Waals surface area contributed by atoms with Gasteiger partial charge in [0.25, 0.3) is 0 Å². The molecule has 0 aliphatic heterocycles. The second-order valence-corrected chi connectivity index (χ2v) is 12.7. The first-order valence-electron chi connectivity index (χ1n) is 15.4. The van der Waals surface area contributed by atoms with Gasteiger partial charge in [0.2, 0.25) is 0 Å². The maximum Gasteiger partial charge on any atom is 0.0991 e. The van der Waals surface area contributed by atoms with E-state index in [1.54, 1.807) is 0 Å². The van der Waals surface area contributed by atoms with Gasteiger partial charge in [0.05, 0.1) is 22.7 Å². The van der Waals surface area contributed by atoms with E-state index in [4.69, 9.17) is 0 Å². The van der Waals surface area contributed by atoms with E-state index in [1.807, 2.05) is 23.5 Å². The van der Waals surface area contributed by atoms with Crippen molar-refractivity contribution in [1.82, 2.24) is 4.57 Å². The monoisotopic (exact) mass is 602 g/mol. The first-order valence-corrected chi connectivity index (χ1v) is 16.2. The number of hydrogen-bond acceptors (Lipinski definition) is 2. The van der Waals surface area contributed by atoms with Gasteiger partial charge in [-0.05, 0) is 88.0 Å². The number of nitrogens with zero attached hydrogens (tertiary/aromatic N) is 2. The number of hydrogen-bond donors (Lipinski definition) is 0. The highest BCUT2D eigenvalue weighted by atomic mass is 32.1. The summed E-state index contributed by atoms with van der Waals surface area (Å²) in [5.74, 6) is 0. The lowest BCUT2D eigenvalue weighted by Crippen LogP contribution is -1.95. The number of fused-ring (bicyclic) bond motifs is 6. The highest BCUT2D eigenvalue weighted by Gasteiger charge is 2.18. The van der Waals surface area contributed by atoms with Gasteiger partial charge in [-0.15, -0.1) is 11.3 Å². The van der Waals surface area contributed by atoms with Gasteiger partial charge in [-0.3, -0.25) is 0 Å². The molecule has 0 saturated heterocycles. The molecule has 0 aliphatic carbocycles. The third-order valence-corrected chi connectivity index (χ3v) is 10.2. The Labute approximate surface area is 270 Å². The molecule has 0 radical (unpaired) electrons. The quantitative estimate of drug-likeness (QED) is 0.197. The molecule has 9 aromatic rings. The number of thiophene rings is 1. The van der Waals surface area contributed by atoms with Crippen LogP contribution >= 0.6 is 11.3 Å². The third-order valence-electron chi connectivity index (χ3n) is 9.03. The van der Waals surface area contributed by atoms with E-state index in [0.717, 1.165) is 33.1 Å². The zero-order valence-corrected chi connectivity index (χ0v) is 25.6. The van der Waals surface area contributed by atoms with Gasteiger partial charge in [0.1, 0.15) is 0 Å². The Bertz CT molecular complexity index is 2650. The van der Waals surface area contributed by atoms with Gasteiger partial charge in [-0.25, -0.2) is 0 Å². The molecule has 0 amide bonds. The van der Waals surface area contributed by atoms with Crippen LogP contribution in [0.3, 0.4) is 0 Å². The number of para-hydroxylation sites is 1. The molecule has 0 unspecified atom stereocenters. The predicted octanol–water partition coefficient (Wildman–Crippen LogP) is 12.0. The highest BCUT2D eigenvalue weighted by molar-refractivity contribution is 7.25. The predicted molar refractivity (Wildman–Crippen MR) is 195 cm³/mol. The van der Waals surface area contributed by atoms with Crippen molar-refractivity contribution in [2.75, 3.05) is 0 Å². The first-order chi connectivity index (χ1) is 22.8. The zero-order chi connectivity index (χ0) is 30.6. The molecule has 0 aliphatic rings. The molecule has 3 heteroatoms. The van der Waals surface area contributed by atoms with Gasteiger partial charge in [0.15, 0.2) is 0 Å². The molecule has 7 aromatic carbocycles. The molecule has 0 saturated carbocycles. The number of aromatic nitrogens is 1. The molecule has 214 valence electrons. The Balaban J connectivity index is 1.30. The molecule has 2 nitrogen and oxygen atoms in total. The standard InChI is InChI=1S/C43H26N2S/c44-27-28-20-22-40-37(24-28)35-14-4-6-18-39(35)45(40)32-13-8-12-30(25-32)34-17-9-16-33(29-10-2-1-3-11-29)43(34)31-21-23-42-38(26-31)36-15-5-7-19-41(36)46-42/h1-26H. The van der Waals surface area contributed by atoms with E-state index >= 15 is 0 Å². The average Bonchev–Trinajstić information content (AvgIpc) is 3.66. The normalized spacial score (nSPS) is 11.5. The van der Waals surface area contributed by atoms with Crippen LogP contribution in [-0.4, -0.2) is 4.57 Å². The SMILES string of the molecule is N#Cc1ccc2c(c1)c1ccccc1n2-c1cccc(-c2cccc(-c3ccccc3)c2-c2ccc3sc4ccccc4c3c2)c1. The molecule has 0 fully saturated rings. The fourth-order valence-electron chi connectivity index (χ4n) is 6.98. The van der Waals surface area contributed by atoms with E-state index in [2.05, 4.69) is 156 Å². The van der Waals surface area contributed by atoms with Gasteiger partial charge in [-0.1, -0.05) is 103 Å². The smallest absolute Gasteiger partial charge is 0.0991 e. The number of rotatable bonds is 4. The topological polar surface area (TPSA) is 28.7 Å².